The molecule has 0 spiro atoms. The van der Waals surface area contributed by atoms with Crippen molar-refractivity contribution in [3.8, 4) is 0 Å². The third-order valence-corrected chi connectivity index (χ3v) is 13.8. The number of hydrogen-bond acceptors (Lipinski definition) is 8. The summed E-state index contributed by atoms with van der Waals surface area (Å²) in [7, 11) is 1.19. The fourth-order valence-corrected chi connectivity index (χ4v) is 10.4. The molecule has 1 aromatic rings. The van der Waals surface area contributed by atoms with E-state index in [0.29, 0.717) is 30.0 Å². The molecule has 1 saturated carbocycles. The van der Waals surface area contributed by atoms with Crippen molar-refractivity contribution >= 4 is 45.3 Å². The maximum Gasteiger partial charge on any atom is 0.315 e. The number of aliphatic hydroxyl groups excluding tert-OH is 1. The first kappa shape index (κ1) is 44.9. The van der Waals surface area contributed by atoms with E-state index < -0.39 is 79.1 Å². The first-order valence-electron chi connectivity index (χ1n) is 20.1. The highest BCUT2D eigenvalue weighted by Crippen LogP contribution is 2.46. The molecule has 3 aliphatic rings. The van der Waals surface area contributed by atoms with Crippen LogP contribution in [-0.2, 0) is 19.8 Å². The van der Waals surface area contributed by atoms with Gasteiger partial charge >= 0.3 is 6.03 Å². The molecule has 2 heterocycles. The number of rotatable bonds is 15. The largest absolute Gasteiger partial charge is 0.380 e. The minimum Gasteiger partial charge on any atom is -0.380 e. The predicted molar refractivity (Wildman–Crippen MR) is 226 cm³/mol. The Morgan fingerprint density at radius 2 is 1.68 bits per heavy atom. The van der Waals surface area contributed by atoms with Gasteiger partial charge in [0.25, 0.3) is 5.91 Å². The second-order valence-corrected chi connectivity index (χ2v) is 20.5. The lowest BCUT2D eigenvalue weighted by molar-refractivity contribution is -0.142. The van der Waals surface area contributed by atoms with E-state index >= 15 is 0 Å². The number of hydrogen-bond donors (Lipinski definition) is 5. The van der Waals surface area contributed by atoms with Gasteiger partial charge in [-0.25, -0.2) is 4.79 Å². The van der Waals surface area contributed by atoms with Crippen LogP contribution in [0.4, 0.5) is 10.5 Å². The zero-order chi connectivity index (χ0) is 41.9. The molecule has 5 N–H and O–H groups in total. The van der Waals surface area contributed by atoms with Crippen molar-refractivity contribution < 1.29 is 24.3 Å². The molecule has 3 unspecified atom stereocenters. The Hall–Kier alpha value is -3.78. The van der Waals surface area contributed by atoms with E-state index in [-0.39, 0.29) is 30.8 Å². The van der Waals surface area contributed by atoms with Gasteiger partial charge in [-0.3, -0.25) is 24.0 Å². The smallest absolute Gasteiger partial charge is 0.315 e. The number of amides is 5. The van der Waals surface area contributed by atoms with Gasteiger partial charge in [-0.1, -0.05) is 85.5 Å². The molecule has 5 amide bonds. The van der Waals surface area contributed by atoms with Crippen LogP contribution < -0.4 is 37.0 Å². The first-order valence-corrected chi connectivity index (χ1v) is 21.6. The molecule has 56 heavy (non-hydrogen) atoms. The van der Waals surface area contributed by atoms with Gasteiger partial charge in [-0.15, -0.1) is 6.58 Å². The highest BCUT2D eigenvalue weighted by Gasteiger charge is 2.55. The number of carbonyl (C=O) groups is 4. The van der Waals surface area contributed by atoms with Crippen molar-refractivity contribution in [3.05, 3.63) is 50.3 Å². The number of anilines is 1. The summed E-state index contributed by atoms with van der Waals surface area (Å²) in [5.41, 5.74) is -0.172. The molecule has 0 aromatic heterocycles. The van der Waals surface area contributed by atoms with Crippen molar-refractivity contribution in [2.75, 3.05) is 37.3 Å². The summed E-state index contributed by atoms with van der Waals surface area (Å²) in [5, 5.41) is 24.8. The normalized spacial score (nSPS) is 24.3. The van der Waals surface area contributed by atoms with E-state index in [9.17, 15) is 33.9 Å². The second kappa shape index (κ2) is 17.8. The highest BCUT2D eigenvalue weighted by atomic mass is 32.2. The van der Waals surface area contributed by atoms with Crippen LogP contribution in [-0.4, -0.2) is 101 Å². The van der Waals surface area contributed by atoms with Crippen LogP contribution in [0.3, 0.4) is 0 Å². The van der Waals surface area contributed by atoms with Crippen molar-refractivity contribution in [1.82, 2.24) is 26.2 Å². The maximum absolute atomic E-state index is 14.9. The lowest BCUT2D eigenvalue weighted by atomic mass is 9.81. The summed E-state index contributed by atoms with van der Waals surface area (Å²) >= 11 is 0. The average Bonchev–Trinajstić information content (AvgIpc) is 3.68. The number of likely N-dealkylation sites (tertiary alicyclic amines) is 1. The molecule has 2 fully saturated rings. The van der Waals surface area contributed by atoms with Crippen LogP contribution in [0.15, 0.2) is 33.9 Å². The number of nitrogens with zero attached hydrogens (tertiary/aromatic N) is 2. The molecular formula is C42H66N6O7S. The molecular weight excluding hydrogens is 733 g/mol. The lowest BCUT2D eigenvalue weighted by Crippen LogP contribution is -2.62. The number of carbonyl (C=O) groups excluding carboxylic acids is 4. The fraction of sp³-hybridized carbons (Fsp3) is 0.690. The molecule has 14 heteroatoms. The average molecular weight is 799 g/mol. The molecule has 1 aromatic carbocycles. The van der Waals surface area contributed by atoms with Crippen LogP contribution in [0, 0.1) is 17.3 Å². The van der Waals surface area contributed by atoms with Gasteiger partial charge in [-0.2, -0.15) is 10.5 Å². The van der Waals surface area contributed by atoms with Crippen molar-refractivity contribution in [2.45, 2.75) is 135 Å². The summed E-state index contributed by atoms with van der Waals surface area (Å²) < 4.78 is 0. The number of urea groups is 1. The molecule has 312 valence electrons. The zero-order valence-corrected chi connectivity index (χ0v) is 36.0. The van der Waals surface area contributed by atoms with E-state index in [1.54, 1.807) is 22.2 Å². The maximum atomic E-state index is 14.9. The third kappa shape index (κ3) is 9.84. The second-order valence-electron chi connectivity index (χ2n) is 18.2. The number of allylic oxidation sites excluding steroid dienone is 1. The van der Waals surface area contributed by atoms with E-state index in [0.717, 1.165) is 37.7 Å². The van der Waals surface area contributed by atoms with Gasteiger partial charge < -0.3 is 36.2 Å². The van der Waals surface area contributed by atoms with Gasteiger partial charge in [0.1, 0.15) is 17.0 Å². The Morgan fingerprint density at radius 3 is 2.21 bits per heavy atom. The highest BCUT2D eigenvalue weighted by molar-refractivity contribution is 8.24. The molecule has 13 nitrogen and oxygen atoms in total. The van der Waals surface area contributed by atoms with Gasteiger partial charge in [0.05, 0.1) is 11.7 Å². The molecule has 1 saturated heterocycles. The summed E-state index contributed by atoms with van der Waals surface area (Å²) in [6.45, 7) is 21.8. The van der Waals surface area contributed by atoms with Crippen molar-refractivity contribution in [1.29, 1.82) is 0 Å². The van der Waals surface area contributed by atoms with Crippen molar-refractivity contribution in [3.63, 3.8) is 0 Å². The topological polar surface area (TPSA) is 177 Å². The van der Waals surface area contributed by atoms with Crippen molar-refractivity contribution in [2.24, 2.45) is 17.3 Å². The minimum atomic E-state index is -1.52. The molecule has 0 bridgehead atoms. The molecule has 7 atom stereocenters. The Morgan fingerprint density at radius 1 is 1.04 bits per heavy atom. The minimum absolute atomic E-state index is 0.147. The Bertz CT molecular complexity index is 1790. The van der Waals surface area contributed by atoms with Gasteiger partial charge in [0.2, 0.25) is 22.7 Å². The molecule has 0 radical (unpaired) electrons. The van der Waals surface area contributed by atoms with E-state index in [1.807, 2.05) is 68.4 Å². The van der Waals surface area contributed by atoms with E-state index in [2.05, 4.69) is 27.8 Å². The van der Waals surface area contributed by atoms with E-state index in [4.69, 9.17) is 0 Å². The third-order valence-electron chi connectivity index (χ3n) is 11.4. The summed E-state index contributed by atoms with van der Waals surface area (Å²) in [4.78, 5) is 83.6. The number of nitrogens with one attached hydrogen (secondary N) is 4. The summed E-state index contributed by atoms with van der Waals surface area (Å²) in [6.07, 6.45) is 6.87. The quantitative estimate of drug-likeness (QED) is 0.102. The molecule has 2 aliphatic heterocycles. The Kier molecular flexibility index (Phi) is 14.3. The van der Waals surface area contributed by atoms with Crippen LogP contribution in [0.2, 0.25) is 0 Å². The number of aliphatic hydroxyl groups is 1. The summed E-state index contributed by atoms with van der Waals surface area (Å²) in [5.74, 6) is -1.25. The van der Waals surface area contributed by atoms with Gasteiger partial charge in [0, 0.05) is 38.2 Å². The van der Waals surface area contributed by atoms with Gasteiger partial charge in [-0.05, 0) is 61.0 Å². The Balaban J connectivity index is 1.60. The lowest BCUT2D eigenvalue weighted by Gasteiger charge is -2.39. The molecule has 4 rings (SSSR count). The SMILES string of the molecule is C=CCNC(=O)C(O)C1(NC(=O)[C@@H]2[C@@H](C=C(C)C)CCN2C(=O)[C@@H](NC(=O)N[C@H](CN(C)c2c(C(C)(C)C)c(=O)c2=O)C(C)(C)C)C2CCCCC2)C=S1CC. The summed E-state index contributed by atoms with van der Waals surface area (Å²) in [6, 6.07) is -2.84. The Labute approximate surface area is 335 Å². The standard InChI is InChI=1S/C42H66N6O7S/c1-12-20-43-37(53)35(51)42(24-56(42)13-2)46-36(52)31-27(22-25(3)4)19-21-48(31)38(54)30(26-17-15-14-16-18-26)45-39(55)44-28(40(5,6)7)23-47(11)32-29(41(8,9)10)33(49)34(32)50/h12,22,24,26-28,30-31,35,51H,1,13-21,23H2,2-11H3,(H,43,53)(H,46,52)(H2,44,45,55)/t27-,28-,30+,31+,35?,42?,56?/m1/s1. The molecule has 1 aliphatic carbocycles. The predicted octanol–water partition coefficient (Wildman–Crippen LogP) is 3.44. The van der Waals surface area contributed by atoms with Crippen LogP contribution in [0.5, 0.6) is 0 Å². The van der Waals surface area contributed by atoms with E-state index in [1.165, 1.54) is 6.08 Å². The first-order chi connectivity index (χ1) is 26.1. The fourth-order valence-electron chi connectivity index (χ4n) is 8.32. The van der Waals surface area contributed by atoms with Crippen LogP contribution in [0.25, 0.3) is 0 Å². The monoisotopic (exact) mass is 798 g/mol. The van der Waals surface area contributed by atoms with Crippen LogP contribution >= 0.6 is 10.5 Å². The number of likely N-dealkylation sites (N-methyl/N-ethyl adjacent to an activating group) is 1. The van der Waals surface area contributed by atoms with Crippen LogP contribution in [0.1, 0.15) is 106 Å². The van der Waals surface area contributed by atoms with Gasteiger partial charge in [0.15, 0.2) is 6.10 Å². The zero-order valence-electron chi connectivity index (χ0n) is 35.2.